The molecule has 1 saturated heterocycles. The van der Waals surface area contributed by atoms with E-state index in [9.17, 15) is 14.4 Å². The molecular weight excluding hydrogens is 390 g/mol. The van der Waals surface area contributed by atoms with Gasteiger partial charge in [0.1, 0.15) is 5.69 Å². The topological polar surface area (TPSA) is 104 Å². The van der Waals surface area contributed by atoms with Crippen LogP contribution in [0.5, 0.6) is 0 Å². The second-order valence-electron chi connectivity index (χ2n) is 5.36. The molecule has 1 aliphatic rings. The van der Waals surface area contributed by atoms with E-state index in [0.717, 1.165) is 6.21 Å². The molecule has 1 aliphatic heterocycles. The Hall–Kier alpha value is -3.17. The van der Waals surface area contributed by atoms with Crippen molar-refractivity contribution in [3.05, 3.63) is 59.4 Å². The van der Waals surface area contributed by atoms with E-state index < -0.39 is 23.6 Å². The number of carbonyl (C=O) groups is 3. The zero-order valence-corrected chi connectivity index (χ0v) is 15.2. The van der Waals surface area contributed by atoms with Crippen LogP contribution in [0.4, 0.5) is 5.69 Å². The molecule has 2 heterocycles. The fourth-order valence-corrected chi connectivity index (χ4v) is 2.70. The molecule has 0 spiro atoms. The third-order valence-electron chi connectivity index (χ3n) is 3.57. The molecule has 3 rings (SSSR count). The minimum absolute atomic E-state index is 0.0468. The van der Waals surface area contributed by atoms with Gasteiger partial charge in [0, 0.05) is 17.4 Å². The van der Waals surface area contributed by atoms with Gasteiger partial charge in [-0.25, -0.2) is 5.43 Å². The number of anilines is 1. The number of nitrogens with zero attached hydrogens (tertiary/aromatic N) is 3. The maximum absolute atomic E-state index is 12.7. The fourth-order valence-electron chi connectivity index (χ4n) is 2.28. The smallest absolute Gasteiger partial charge is 0.289 e. The number of thiocarbonyl (C=S) groups is 1. The minimum Gasteiger partial charge on any atom is -0.301 e. The van der Waals surface area contributed by atoms with Crippen LogP contribution in [0.2, 0.25) is 5.02 Å². The number of benzene rings is 1. The van der Waals surface area contributed by atoms with Gasteiger partial charge in [-0.05, 0) is 48.6 Å². The Balaban J connectivity index is 1.75. The van der Waals surface area contributed by atoms with Gasteiger partial charge < -0.3 is 5.32 Å². The van der Waals surface area contributed by atoms with Gasteiger partial charge in [-0.15, -0.1) is 0 Å². The van der Waals surface area contributed by atoms with Gasteiger partial charge in [0.15, 0.2) is 11.0 Å². The van der Waals surface area contributed by atoms with Crippen molar-refractivity contribution in [3.8, 4) is 0 Å². The molecule has 0 radical (unpaired) electrons. The Bertz CT molecular complexity index is 933. The number of hydrazone groups is 1. The van der Waals surface area contributed by atoms with E-state index in [1.165, 1.54) is 17.2 Å². The lowest BCUT2D eigenvalue weighted by molar-refractivity contribution is -0.130. The highest BCUT2D eigenvalue weighted by molar-refractivity contribution is 7.80. The first-order chi connectivity index (χ1) is 13.0. The third-order valence-corrected chi connectivity index (χ3v) is 4.11. The number of hydrogen-bond donors (Lipinski definition) is 2. The summed E-state index contributed by atoms with van der Waals surface area (Å²) in [5.41, 5.74) is 2.83. The lowest BCUT2D eigenvalue weighted by Gasteiger charge is -2.30. The monoisotopic (exact) mass is 401 g/mol. The summed E-state index contributed by atoms with van der Waals surface area (Å²) in [6, 6.07) is 11.2. The predicted molar refractivity (Wildman–Crippen MR) is 103 cm³/mol. The number of nitrogens with one attached hydrogen (secondary N) is 2. The van der Waals surface area contributed by atoms with E-state index >= 15 is 0 Å². The Morgan fingerprint density at radius 1 is 1.26 bits per heavy atom. The largest absolute Gasteiger partial charge is 0.301 e. The number of halogens is 1. The molecule has 0 bridgehead atoms. The highest BCUT2D eigenvalue weighted by atomic mass is 35.5. The molecule has 2 aromatic rings. The molecule has 1 atom stereocenters. The molecule has 0 unspecified atom stereocenters. The molecule has 10 heteroatoms. The molecule has 2 N–H and O–H groups in total. The molecule has 3 amide bonds. The van der Waals surface area contributed by atoms with Crippen LogP contribution >= 0.6 is 23.8 Å². The van der Waals surface area contributed by atoms with E-state index in [1.807, 2.05) is 0 Å². The molecule has 1 aromatic carbocycles. The number of aromatic nitrogens is 1. The second kappa shape index (κ2) is 8.02. The number of pyridine rings is 1. The fraction of sp³-hybridized carbons (Fsp3) is 0.0588. The van der Waals surface area contributed by atoms with Crippen molar-refractivity contribution in [1.82, 2.24) is 15.7 Å². The first-order valence-electron chi connectivity index (χ1n) is 7.66. The molecular formula is C17H12ClN5O3S. The molecule has 0 aliphatic carbocycles. The van der Waals surface area contributed by atoms with Crippen molar-refractivity contribution in [1.29, 1.82) is 0 Å². The quantitative estimate of drug-likeness (QED) is 0.350. The first-order valence-corrected chi connectivity index (χ1v) is 8.45. The number of carbonyl (C=O) groups excluding carboxylic acids is 3. The van der Waals surface area contributed by atoms with Crippen molar-refractivity contribution in [2.45, 2.75) is 0 Å². The van der Waals surface area contributed by atoms with Crippen molar-refractivity contribution in [2.24, 2.45) is 11.0 Å². The van der Waals surface area contributed by atoms with Crippen LogP contribution in [0.15, 0.2) is 53.8 Å². The maximum atomic E-state index is 12.7. The number of hydrogen-bond acceptors (Lipinski definition) is 6. The summed E-state index contributed by atoms with van der Waals surface area (Å²) in [6.45, 7) is 0. The lowest BCUT2D eigenvalue weighted by atomic mass is 10.1. The highest BCUT2D eigenvalue weighted by Gasteiger charge is 2.38. The average Bonchev–Trinajstić information content (AvgIpc) is 2.66. The van der Waals surface area contributed by atoms with Crippen molar-refractivity contribution < 1.29 is 14.4 Å². The minimum atomic E-state index is -1.25. The normalized spacial score (nSPS) is 17.1. The van der Waals surface area contributed by atoms with E-state index in [1.54, 1.807) is 36.4 Å². The van der Waals surface area contributed by atoms with E-state index in [0.29, 0.717) is 10.7 Å². The van der Waals surface area contributed by atoms with Gasteiger partial charge in [-0.1, -0.05) is 17.7 Å². The summed E-state index contributed by atoms with van der Waals surface area (Å²) in [4.78, 5) is 41.8. The van der Waals surface area contributed by atoms with Gasteiger partial charge in [0.05, 0.1) is 5.69 Å². The Labute approximate surface area is 164 Å². The highest BCUT2D eigenvalue weighted by Crippen LogP contribution is 2.22. The summed E-state index contributed by atoms with van der Waals surface area (Å²) in [6.07, 6.45) is 2.50. The van der Waals surface area contributed by atoms with Crippen LogP contribution in [0, 0.1) is 5.92 Å². The van der Waals surface area contributed by atoms with Crippen LogP contribution in [0.3, 0.4) is 0 Å². The van der Waals surface area contributed by atoms with Crippen molar-refractivity contribution in [2.75, 3.05) is 4.90 Å². The van der Waals surface area contributed by atoms with Crippen LogP contribution < -0.4 is 15.6 Å². The standard InChI is InChI=1S/C17H12ClN5O3S/c18-10-4-6-11(7-5-10)23-16(26)12(14(24)21-17(23)27)9-20-22-15(25)13-3-1-2-8-19-13/h1-9,12H,(H,22,25)(H,21,24,27)/b20-9-/t12-/m1/s1. The third kappa shape index (κ3) is 4.15. The van der Waals surface area contributed by atoms with E-state index in [2.05, 4.69) is 20.8 Å². The first kappa shape index (κ1) is 18.6. The number of amides is 3. The van der Waals surface area contributed by atoms with Crippen LogP contribution in [0.1, 0.15) is 10.5 Å². The Morgan fingerprint density at radius 3 is 2.67 bits per heavy atom. The summed E-state index contributed by atoms with van der Waals surface area (Å²) in [5, 5.41) is 6.59. The lowest BCUT2D eigenvalue weighted by Crippen LogP contribution is -2.58. The second-order valence-corrected chi connectivity index (χ2v) is 6.18. The zero-order chi connectivity index (χ0) is 19.4. The van der Waals surface area contributed by atoms with Crippen LogP contribution in [0.25, 0.3) is 0 Å². The van der Waals surface area contributed by atoms with Crippen LogP contribution in [-0.4, -0.2) is 34.0 Å². The van der Waals surface area contributed by atoms with Gasteiger partial charge in [0.25, 0.3) is 11.8 Å². The molecule has 1 fully saturated rings. The SMILES string of the molecule is O=C(N/N=C\[C@@H]1C(=O)NC(=S)N(c2ccc(Cl)cc2)C1=O)c1ccccn1. The van der Waals surface area contributed by atoms with E-state index in [-0.39, 0.29) is 10.8 Å². The summed E-state index contributed by atoms with van der Waals surface area (Å²) < 4.78 is 0. The summed E-state index contributed by atoms with van der Waals surface area (Å²) in [7, 11) is 0. The van der Waals surface area contributed by atoms with Gasteiger partial charge >= 0.3 is 0 Å². The molecule has 0 saturated carbocycles. The maximum Gasteiger partial charge on any atom is 0.289 e. The Morgan fingerprint density at radius 2 is 2.00 bits per heavy atom. The Kier molecular flexibility index (Phi) is 5.53. The summed E-state index contributed by atoms with van der Waals surface area (Å²) >= 11 is 10.9. The van der Waals surface area contributed by atoms with Crippen molar-refractivity contribution >= 4 is 58.6 Å². The van der Waals surface area contributed by atoms with Gasteiger partial charge in [-0.3, -0.25) is 24.3 Å². The average molecular weight is 402 g/mol. The molecule has 27 heavy (non-hydrogen) atoms. The molecule has 136 valence electrons. The molecule has 8 nitrogen and oxygen atoms in total. The predicted octanol–water partition coefficient (Wildman–Crippen LogP) is 1.51. The van der Waals surface area contributed by atoms with Gasteiger partial charge in [-0.2, -0.15) is 5.10 Å². The molecule has 1 aromatic heterocycles. The van der Waals surface area contributed by atoms with Crippen molar-refractivity contribution in [3.63, 3.8) is 0 Å². The van der Waals surface area contributed by atoms with Crippen LogP contribution in [-0.2, 0) is 9.59 Å². The van der Waals surface area contributed by atoms with Gasteiger partial charge in [0.2, 0.25) is 5.91 Å². The van der Waals surface area contributed by atoms with E-state index in [4.69, 9.17) is 23.8 Å². The number of rotatable bonds is 4. The zero-order valence-electron chi connectivity index (χ0n) is 13.6. The summed E-state index contributed by atoms with van der Waals surface area (Å²) in [5.74, 6) is -3.05.